The zero-order chi connectivity index (χ0) is 25.8. The van der Waals surface area contributed by atoms with Gasteiger partial charge in [-0.25, -0.2) is 0 Å². The van der Waals surface area contributed by atoms with E-state index in [1.807, 2.05) is 38.2 Å². The molecule has 1 aliphatic rings. The van der Waals surface area contributed by atoms with Crippen LogP contribution in [0, 0.1) is 32.6 Å². The van der Waals surface area contributed by atoms with Crippen molar-refractivity contribution in [3.8, 4) is 11.1 Å². The number of carbonyl (C=O) groups is 2. The Hall–Kier alpha value is -3.47. The van der Waals surface area contributed by atoms with Gasteiger partial charge < -0.3 is 10.4 Å². The largest absolute Gasteiger partial charge is 0.481 e. The average Bonchev–Trinajstić information content (AvgIpc) is 3.38. The lowest BCUT2D eigenvalue weighted by molar-refractivity contribution is -0.141. The number of aryl methyl sites for hydroxylation is 2. The van der Waals surface area contributed by atoms with Gasteiger partial charge in [-0.1, -0.05) is 56.2 Å². The maximum atomic E-state index is 13.7. The molecule has 2 atom stereocenters. The predicted molar refractivity (Wildman–Crippen MR) is 144 cm³/mol. The second kappa shape index (κ2) is 11.1. The van der Waals surface area contributed by atoms with Crippen molar-refractivity contribution < 1.29 is 14.7 Å². The number of benzene rings is 2. The maximum absolute atomic E-state index is 13.7. The van der Waals surface area contributed by atoms with Crippen LogP contribution in [0.4, 0.5) is 5.69 Å². The summed E-state index contributed by atoms with van der Waals surface area (Å²) in [6.45, 7) is 7.74. The molecule has 1 amide bonds. The number of amides is 1. The summed E-state index contributed by atoms with van der Waals surface area (Å²) < 4.78 is 0. The summed E-state index contributed by atoms with van der Waals surface area (Å²) in [5.74, 6) is -1.19. The molecule has 1 heterocycles. The van der Waals surface area contributed by atoms with Crippen molar-refractivity contribution in [2.24, 2.45) is 11.8 Å². The van der Waals surface area contributed by atoms with Crippen LogP contribution >= 0.6 is 0 Å². The molecule has 4 rings (SSSR count). The minimum atomic E-state index is -0.815. The van der Waals surface area contributed by atoms with E-state index in [0.717, 1.165) is 70.4 Å². The van der Waals surface area contributed by atoms with Crippen LogP contribution in [0.5, 0.6) is 0 Å². The molecule has 3 aromatic rings. The number of carboxylic acids is 1. The molecule has 5 nitrogen and oxygen atoms in total. The van der Waals surface area contributed by atoms with Crippen LogP contribution in [0.25, 0.3) is 11.1 Å². The zero-order valence-electron chi connectivity index (χ0n) is 21.7. The van der Waals surface area contributed by atoms with Crippen molar-refractivity contribution in [2.45, 2.75) is 65.7 Å². The minimum absolute atomic E-state index is 0.00836. The highest BCUT2D eigenvalue weighted by atomic mass is 16.4. The summed E-state index contributed by atoms with van der Waals surface area (Å²) in [5, 5.41) is 12.5. The van der Waals surface area contributed by atoms with Crippen LogP contribution in [0.3, 0.4) is 0 Å². The van der Waals surface area contributed by atoms with E-state index in [4.69, 9.17) is 0 Å². The Labute approximate surface area is 214 Å². The van der Waals surface area contributed by atoms with Crippen molar-refractivity contribution in [1.29, 1.82) is 0 Å². The molecule has 1 saturated carbocycles. The normalized spacial score (nSPS) is 15.4. The second-order valence-corrected chi connectivity index (χ2v) is 10.3. The monoisotopic (exact) mass is 484 g/mol. The number of carboxylic acid groups (broad SMARTS) is 1. The van der Waals surface area contributed by atoms with E-state index in [1.165, 1.54) is 0 Å². The number of carbonyl (C=O) groups excluding carboxylic acids is 1. The van der Waals surface area contributed by atoms with E-state index in [-0.39, 0.29) is 11.8 Å². The van der Waals surface area contributed by atoms with Crippen LogP contribution in [-0.2, 0) is 16.0 Å². The van der Waals surface area contributed by atoms with Gasteiger partial charge >= 0.3 is 5.97 Å². The Morgan fingerprint density at radius 3 is 2.36 bits per heavy atom. The Morgan fingerprint density at radius 2 is 1.72 bits per heavy atom. The Kier molecular flexibility index (Phi) is 7.88. The summed E-state index contributed by atoms with van der Waals surface area (Å²) in [6.07, 6.45) is 6.75. The summed E-state index contributed by atoms with van der Waals surface area (Å²) in [6, 6.07) is 16.3. The van der Waals surface area contributed by atoms with Gasteiger partial charge in [0.05, 0.1) is 11.8 Å². The highest BCUT2D eigenvalue weighted by molar-refractivity contribution is 5.97. The highest BCUT2D eigenvalue weighted by Gasteiger charge is 2.32. The van der Waals surface area contributed by atoms with Gasteiger partial charge in [0, 0.05) is 23.1 Å². The number of nitrogens with one attached hydrogen (secondary N) is 1. The van der Waals surface area contributed by atoms with Gasteiger partial charge in [-0.2, -0.15) is 0 Å². The third-order valence-corrected chi connectivity index (χ3v) is 7.75. The second-order valence-electron chi connectivity index (χ2n) is 10.3. The van der Waals surface area contributed by atoms with Gasteiger partial charge in [0.15, 0.2) is 0 Å². The first-order valence-corrected chi connectivity index (χ1v) is 12.9. The van der Waals surface area contributed by atoms with E-state index in [9.17, 15) is 14.7 Å². The number of nitrogens with zero attached hydrogens (tertiary/aromatic N) is 1. The molecule has 1 aliphatic carbocycles. The number of aromatic nitrogens is 1. The first-order chi connectivity index (χ1) is 17.2. The van der Waals surface area contributed by atoms with Gasteiger partial charge in [-0.15, -0.1) is 0 Å². The average molecular weight is 485 g/mol. The fraction of sp³-hybridized carbons (Fsp3) is 0.387. The topological polar surface area (TPSA) is 79.3 Å². The number of pyridine rings is 1. The Balaban J connectivity index is 1.59. The van der Waals surface area contributed by atoms with Gasteiger partial charge in [-0.05, 0) is 85.9 Å². The molecular formula is C31H36N2O3. The van der Waals surface area contributed by atoms with Gasteiger partial charge in [0.1, 0.15) is 0 Å². The van der Waals surface area contributed by atoms with Gasteiger partial charge in [0.25, 0.3) is 0 Å². The minimum Gasteiger partial charge on any atom is -0.481 e. The summed E-state index contributed by atoms with van der Waals surface area (Å²) in [7, 11) is 0. The van der Waals surface area contributed by atoms with E-state index < -0.39 is 11.9 Å². The third-order valence-electron chi connectivity index (χ3n) is 7.75. The lowest BCUT2D eigenvalue weighted by Crippen LogP contribution is -2.27. The first kappa shape index (κ1) is 25.6. The molecular weight excluding hydrogens is 448 g/mol. The Morgan fingerprint density at radius 1 is 1.03 bits per heavy atom. The number of hydrogen-bond donors (Lipinski definition) is 2. The van der Waals surface area contributed by atoms with Crippen LogP contribution < -0.4 is 5.32 Å². The molecule has 1 aromatic heterocycles. The SMILES string of the molecule is Cc1cc(-c2ccc([C@H](C(=O)Nc3cccc(C[C@@H](C)C(=O)O)c3C)C3CCCC3)cc2)cnc1C. The molecule has 0 spiro atoms. The molecule has 36 heavy (non-hydrogen) atoms. The quantitative estimate of drug-likeness (QED) is 0.366. The van der Waals surface area contributed by atoms with Gasteiger partial charge in [0.2, 0.25) is 5.91 Å². The fourth-order valence-electron chi connectivity index (χ4n) is 5.28. The molecule has 0 unspecified atom stereocenters. The highest BCUT2D eigenvalue weighted by Crippen LogP contribution is 2.39. The number of aliphatic carboxylic acids is 1. The van der Waals surface area contributed by atoms with Crippen molar-refractivity contribution in [3.63, 3.8) is 0 Å². The van der Waals surface area contributed by atoms with E-state index in [1.54, 1.807) is 6.92 Å². The molecule has 0 aliphatic heterocycles. The lowest BCUT2D eigenvalue weighted by Gasteiger charge is -2.24. The number of rotatable bonds is 8. The van der Waals surface area contributed by atoms with E-state index in [2.05, 4.69) is 47.6 Å². The van der Waals surface area contributed by atoms with Crippen molar-refractivity contribution in [1.82, 2.24) is 4.98 Å². The van der Waals surface area contributed by atoms with Crippen molar-refractivity contribution >= 4 is 17.6 Å². The van der Waals surface area contributed by atoms with Crippen LogP contribution in [0.15, 0.2) is 54.7 Å². The first-order valence-electron chi connectivity index (χ1n) is 12.9. The maximum Gasteiger partial charge on any atom is 0.306 e. The third kappa shape index (κ3) is 5.67. The Bertz CT molecular complexity index is 1240. The molecule has 2 aromatic carbocycles. The summed E-state index contributed by atoms with van der Waals surface area (Å²) in [5.41, 5.74) is 8.04. The van der Waals surface area contributed by atoms with E-state index >= 15 is 0 Å². The van der Waals surface area contributed by atoms with Crippen LogP contribution in [0.1, 0.15) is 66.5 Å². The fourth-order valence-corrected chi connectivity index (χ4v) is 5.28. The van der Waals surface area contributed by atoms with Crippen molar-refractivity contribution in [2.75, 3.05) is 5.32 Å². The molecule has 0 bridgehead atoms. The van der Waals surface area contributed by atoms with Crippen LogP contribution in [-0.4, -0.2) is 22.0 Å². The summed E-state index contributed by atoms with van der Waals surface area (Å²) in [4.78, 5) is 29.6. The number of hydrogen-bond acceptors (Lipinski definition) is 3. The molecule has 1 fully saturated rings. The number of anilines is 1. The molecule has 5 heteroatoms. The van der Waals surface area contributed by atoms with Gasteiger partial charge in [-0.3, -0.25) is 14.6 Å². The predicted octanol–water partition coefficient (Wildman–Crippen LogP) is 6.85. The smallest absolute Gasteiger partial charge is 0.306 e. The molecule has 2 N–H and O–H groups in total. The van der Waals surface area contributed by atoms with Crippen molar-refractivity contribution in [3.05, 3.63) is 82.7 Å². The molecule has 0 radical (unpaired) electrons. The zero-order valence-corrected chi connectivity index (χ0v) is 21.7. The molecule has 0 saturated heterocycles. The summed E-state index contributed by atoms with van der Waals surface area (Å²) >= 11 is 0. The lowest BCUT2D eigenvalue weighted by atomic mass is 9.83. The van der Waals surface area contributed by atoms with Crippen LogP contribution in [0.2, 0.25) is 0 Å². The standard InChI is InChI=1S/C31H36N2O3/c1-19-16-27(18-32-22(19)4)23-12-14-25(15-13-23)29(24-8-5-6-9-24)30(34)33-28-11-7-10-26(21(28)3)17-20(2)31(35)36/h7,10-16,18,20,24,29H,5-6,8-9,17H2,1-4H3,(H,33,34)(H,35,36)/t20-,29-/m1/s1. The van der Waals surface area contributed by atoms with E-state index in [0.29, 0.717) is 12.3 Å². The molecule has 188 valence electrons.